The Hall–Kier alpha value is -1.13. The van der Waals surface area contributed by atoms with Gasteiger partial charge in [-0.15, -0.1) is 24.0 Å². The van der Waals surface area contributed by atoms with Crippen molar-refractivity contribution < 1.29 is 14.2 Å². The van der Waals surface area contributed by atoms with Crippen LogP contribution in [-0.2, 0) is 16.0 Å². The van der Waals surface area contributed by atoms with Crippen LogP contribution in [-0.4, -0.2) is 58.1 Å². The predicted molar refractivity (Wildman–Crippen MR) is 118 cm³/mol. The molecular formula is C19H33IN4O3. The third-order valence-electron chi connectivity index (χ3n) is 4.53. The van der Waals surface area contributed by atoms with Gasteiger partial charge in [-0.3, -0.25) is 9.98 Å². The van der Waals surface area contributed by atoms with Crippen LogP contribution in [0.3, 0.4) is 0 Å². The van der Waals surface area contributed by atoms with Gasteiger partial charge in [0.15, 0.2) is 5.96 Å². The second kappa shape index (κ2) is 13.1. The zero-order valence-corrected chi connectivity index (χ0v) is 19.2. The summed E-state index contributed by atoms with van der Waals surface area (Å²) in [7, 11) is 3.46. The molecule has 154 valence electrons. The van der Waals surface area contributed by atoms with Crippen molar-refractivity contribution in [3.05, 3.63) is 23.0 Å². The van der Waals surface area contributed by atoms with E-state index in [2.05, 4.69) is 20.6 Å². The van der Waals surface area contributed by atoms with Crippen molar-refractivity contribution in [3.8, 4) is 5.75 Å². The van der Waals surface area contributed by atoms with Crippen LogP contribution < -0.4 is 15.4 Å². The SMILES string of the molecule is CN=C(NCCCOCC1CCOC1)NCc1ncc(C)c(OC)c1C.I. The van der Waals surface area contributed by atoms with E-state index in [0.717, 1.165) is 74.3 Å². The highest BCUT2D eigenvalue weighted by atomic mass is 127. The second-order valence-electron chi connectivity index (χ2n) is 6.56. The number of rotatable bonds is 9. The summed E-state index contributed by atoms with van der Waals surface area (Å²) in [4.78, 5) is 8.75. The molecule has 0 aromatic carbocycles. The summed E-state index contributed by atoms with van der Waals surface area (Å²) in [6.45, 7) is 8.69. The van der Waals surface area contributed by atoms with E-state index >= 15 is 0 Å². The summed E-state index contributed by atoms with van der Waals surface area (Å²) >= 11 is 0. The topological polar surface area (TPSA) is 77.0 Å². The number of aliphatic imine (C=N–C) groups is 1. The maximum Gasteiger partial charge on any atom is 0.191 e. The Morgan fingerprint density at radius 2 is 2.19 bits per heavy atom. The number of aryl methyl sites for hydroxylation is 1. The molecule has 2 heterocycles. The zero-order chi connectivity index (χ0) is 18.8. The minimum absolute atomic E-state index is 0. The first kappa shape index (κ1) is 23.9. The van der Waals surface area contributed by atoms with E-state index in [1.165, 1.54) is 0 Å². The van der Waals surface area contributed by atoms with Crippen molar-refractivity contribution in [2.75, 3.05) is 47.1 Å². The van der Waals surface area contributed by atoms with Gasteiger partial charge in [0.2, 0.25) is 0 Å². The Kier molecular flexibility index (Phi) is 11.6. The van der Waals surface area contributed by atoms with E-state index < -0.39 is 0 Å². The first-order valence-electron chi connectivity index (χ1n) is 9.24. The predicted octanol–water partition coefficient (Wildman–Crippen LogP) is 2.43. The van der Waals surface area contributed by atoms with E-state index in [9.17, 15) is 0 Å². The molecule has 0 radical (unpaired) electrons. The molecule has 1 aliphatic heterocycles. The van der Waals surface area contributed by atoms with Gasteiger partial charge in [-0.2, -0.15) is 0 Å². The van der Waals surface area contributed by atoms with E-state index in [-0.39, 0.29) is 24.0 Å². The summed E-state index contributed by atoms with van der Waals surface area (Å²) in [5, 5.41) is 6.60. The van der Waals surface area contributed by atoms with Crippen molar-refractivity contribution in [1.82, 2.24) is 15.6 Å². The fourth-order valence-corrected chi connectivity index (χ4v) is 2.98. The van der Waals surface area contributed by atoms with Gasteiger partial charge in [-0.05, 0) is 26.7 Å². The number of nitrogens with zero attached hydrogens (tertiary/aromatic N) is 2. The number of ether oxygens (including phenoxy) is 3. The largest absolute Gasteiger partial charge is 0.496 e. The van der Waals surface area contributed by atoms with Gasteiger partial charge < -0.3 is 24.8 Å². The quantitative estimate of drug-likeness (QED) is 0.239. The van der Waals surface area contributed by atoms with Crippen molar-refractivity contribution in [2.45, 2.75) is 33.2 Å². The van der Waals surface area contributed by atoms with Crippen molar-refractivity contribution >= 4 is 29.9 Å². The lowest BCUT2D eigenvalue weighted by molar-refractivity contribution is 0.0888. The molecule has 2 N–H and O–H groups in total. The minimum Gasteiger partial charge on any atom is -0.496 e. The summed E-state index contributed by atoms with van der Waals surface area (Å²) in [5.74, 6) is 2.22. The summed E-state index contributed by atoms with van der Waals surface area (Å²) in [6, 6.07) is 0. The van der Waals surface area contributed by atoms with Gasteiger partial charge in [0.05, 0.1) is 32.6 Å². The Bertz CT molecular complexity index is 593. The van der Waals surface area contributed by atoms with Gasteiger partial charge >= 0.3 is 0 Å². The third-order valence-corrected chi connectivity index (χ3v) is 4.53. The summed E-state index contributed by atoms with van der Waals surface area (Å²) in [6.07, 6.45) is 3.89. The van der Waals surface area contributed by atoms with Crippen LogP contribution in [0.1, 0.15) is 29.7 Å². The first-order valence-corrected chi connectivity index (χ1v) is 9.24. The molecule has 2 rings (SSSR count). The fraction of sp³-hybridized carbons (Fsp3) is 0.684. The van der Waals surface area contributed by atoms with Gasteiger partial charge in [0.1, 0.15) is 5.75 Å². The van der Waals surface area contributed by atoms with Gasteiger partial charge in [0, 0.05) is 50.0 Å². The number of pyridine rings is 1. The van der Waals surface area contributed by atoms with Crippen LogP contribution >= 0.6 is 24.0 Å². The Morgan fingerprint density at radius 1 is 1.37 bits per heavy atom. The standard InChI is InChI=1S/C19H32N4O3.HI/c1-14-10-22-17(15(2)18(14)24-4)11-23-19(20-3)21-7-5-8-25-12-16-6-9-26-13-16;/h10,16H,5-9,11-13H2,1-4H3,(H2,20,21,23);1H. The molecule has 1 unspecified atom stereocenters. The van der Waals surface area contributed by atoms with E-state index in [1.807, 2.05) is 20.0 Å². The highest BCUT2D eigenvalue weighted by Crippen LogP contribution is 2.23. The number of halogens is 1. The molecule has 0 bridgehead atoms. The molecule has 0 saturated carbocycles. The smallest absolute Gasteiger partial charge is 0.191 e. The number of aromatic nitrogens is 1. The van der Waals surface area contributed by atoms with E-state index in [4.69, 9.17) is 14.2 Å². The van der Waals surface area contributed by atoms with Crippen LogP contribution in [0.15, 0.2) is 11.2 Å². The number of methoxy groups -OCH3 is 1. The normalized spacial score (nSPS) is 16.7. The molecule has 0 amide bonds. The van der Waals surface area contributed by atoms with Crippen LogP contribution in [0.2, 0.25) is 0 Å². The molecule has 7 nitrogen and oxygen atoms in total. The van der Waals surface area contributed by atoms with E-state index in [1.54, 1.807) is 14.2 Å². The fourth-order valence-electron chi connectivity index (χ4n) is 2.98. The molecule has 0 aliphatic carbocycles. The molecule has 1 fully saturated rings. The Balaban J connectivity index is 0.00000364. The number of guanidine groups is 1. The Labute approximate surface area is 179 Å². The molecule has 1 aliphatic rings. The molecule has 1 aromatic rings. The lowest BCUT2D eigenvalue weighted by Crippen LogP contribution is -2.38. The molecule has 0 spiro atoms. The maximum absolute atomic E-state index is 5.71. The number of nitrogens with one attached hydrogen (secondary N) is 2. The Morgan fingerprint density at radius 3 is 2.85 bits per heavy atom. The molecule has 8 heteroatoms. The number of hydrogen-bond acceptors (Lipinski definition) is 5. The van der Waals surface area contributed by atoms with Crippen molar-refractivity contribution in [3.63, 3.8) is 0 Å². The molecule has 27 heavy (non-hydrogen) atoms. The zero-order valence-electron chi connectivity index (χ0n) is 16.8. The van der Waals surface area contributed by atoms with Crippen LogP contribution in [0.25, 0.3) is 0 Å². The molecule has 1 atom stereocenters. The monoisotopic (exact) mass is 492 g/mol. The average molecular weight is 492 g/mol. The lowest BCUT2D eigenvalue weighted by Gasteiger charge is -2.15. The molecule has 1 aromatic heterocycles. The molecular weight excluding hydrogens is 459 g/mol. The van der Waals surface area contributed by atoms with Gasteiger partial charge in [0.25, 0.3) is 0 Å². The van der Waals surface area contributed by atoms with Gasteiger partial charge in [-0.25, -0.2) is 0 Å². The first-order chi connectivity index (χ1) is 12.7. The summed E-state index contributed by atoms with van der Waals surface area (Å²) in [5.41, 5.74) is 3.05. The second-order valence-corrected chi connectivity index (χ2v) is 6.56. The minimum atomic E-state index is 0. The van der Waals surface area contributed by atoms with Crippen molar-refractivity contribution in [1.29, 1.82) is 0 Å². The third kappa shape index (κ3) is 7.79. The highest BCUT2D eigenvalue weighted by Gasteiger charge is 2.15. The lowest BCUT2D eigenvalue weighted by atomic mass is 10.1. The van der Waals surface area contributed by atoms with Crippen molar-refractivity contribution in [2.24, 2.45) is 10.9 Å². The van der Waals surface area contributed by atoms with E-state index in [0.29, 0.717) is 12.5 Å². The number of hydrogen-bond donors (Lipinski definition) is 2. The highest BCUT2D eigenvalue weighted by molar-refractivity contribution is 14.0. The molecule has 1 saturated heterocycles. The van der Waals surface area contributed by atoms with Crippen LogP contribution in [0.4, 0.5) is 0 Å². The average Bonchev–Trinajstić information content (AvgIpc) is 3.15. The maximum atomic E-state index is 5.71. The van der Waals surface area contributed by atoms with Crippen LogP contribution in [0, 0.1) is 19.8 Å². The van der Waals surface area contributed by atoms with Gasteiger partial charge in [-0.1, -0.05) is 0 Å². The summed E-state index contributed by atoms with van der Waals surface area (Å²) < 4.78 is 16.5. The van der Waals surface area contributed by atoms with Crippen LogP contribution in [0.5, 0.6) is 5.75 Å².